The van der Waals surface area contributed by atoms with E-state index in [4.69, 9.17) is 4.74 Å². The largest absolute Gasteiger partial charge is 0.482 e. The average Bonchev–Trinajstić information content (AvgIpc) is 2.39. The highest BCUT2D eigenvalue weighted by atomic mass is 19.1. The standard InChI is InChI=1S/C15H12F2O2/c1-10-5-6-13(17)15(7-10)19-9-14(18)11-3-2-4-12(16)8-11/h2-8H,9H2,1H3. The molecule has 19 heavy (non-hydrogen) atoms. The van der Waals surface area contributed by atoms with Crippen molar-refractivity contribution in [3.05, 3.63) is 65.2 Å². The molecule has 2 nitrogen and oxygen atoms in total. The van der Waals surface area contributed by atoms with Gasteiger partial charge in [-0.25, -0.2) is 8.78 Å². The van der Waals surface area contributed by atoms with Crippen LogP contribution >= 0.6 is 0 Å². The van der Waals surface area contributed by atoms with Crippen molar-refractivity contribution in [3.63, 3.8) is 0 Å². The van der Waals surface area contributed by atoms with Gasteiger partial charge in [0.25, 0.3) is 0 Å². The summed E-state index contributed by atoms with van der Waals surface area (Å²) < 4.78 is 31.5. The lowest BCUT2D eigenvalue weighted by Crippen LogP contribution is -2.12. The van der Waals surface area contributed by atoms with Crippen LogP contribution in [0.25, 0.3) is 0 Å². The van der Waals surface area contributed by atoms with E-state index in [0.29, 0.717) is 0 Å². The van der Waals surface area contributed by atoms with Crippen molar-refractivity contribution in [2.75, 3.05) is 6.61 Å². The molecule has 2 aromatic carbocycles. The van der Waals surface area contributed by atoms with Gasteiger partial charge < -0.3 is 4.74 Å². The molecule has 4 heteroatoms. The lowest BCUT2D eigenvalue weighted by Gasteiger charge is -2.07. The molecule has 0 spiro atoms. The van der Waals surface area contributed by atoms with Crippen LogP contribution in [0.2, 0.25) is 0 Å². The fourth-order valence-electron chi connectivity index (χ4n) is 1.61. The van der Waals surface area contributed by atoms with Crippen LogP contribution < -0.4 is 4.74 Å². The molecule has 0 fully saturated rings. The predicted octanol–water partition coefficient (Wildman–Crippen LogP) is 3.53. The van der Waals surface area contributed by atoms with Crippen molar-refractivity contribution >= 4 is 5.78 Å². The van der Waals surface area contributed by atoms with Gasteiger partial charge in [-0.15, -0.1) is 0 Å². The van der Waals surface area contributed by atoms with Crippen molar-refractivity contribution < 1.29 is 18.3 Å². The molecule has 0 heterocycles. The number of carbonyl (C=O) groups excluding carboxylic acids is 1. The number of Topliss-reactive ketones (excluding diaryl/α,β-unsaturated/α-hetero) is 1. The summed E-state index contributed by atoms with van der Waals surface area (Å²) in [6.45, 7) is 1.46. The van der Waals surface area contributed by atoms with Gasteiger partial charge in [0.2, 0.25) is 0 Å². The third-order valence-corrected chi connectivity index (χ3v) is 2.59. The molecule has 0 N–H and O–H groups in total. The third kappa shape index (κ3) is 3.37. The Hall–Kier alpha value is -2.23. The maximum Gasteiger partial charge on any atom is 0.200 e. The zero-order chi connectivity index (χ0) is 13.8. The van der Waals surface area contributed by atoms with Gasteiger partial charge in [0, 0.05) is 5.56 Å². The first-order valence-corrected chi connectivity index (χ1v) is 5.74. The van der Waals surface area contributed by atoms with Crippen LogP contribution in [0.1, 0.15) is 15.9 Å². The topological polar surface area (TPSA) is 26.3 Å². The molecule has 0 aliphatic carbocycles. The fraction of sp³-hybridized carbons (Fsp3) is 0.133. The zero-order valence-electron chi connectivity index (χ0n) is 10.3. The van der Waals surface area contributed by atoms with Crippen LogP contribution in [-0.4, -0.2) is 12.4 Å². The Morgan fingerprint density at radius 2 is 1.95 bits per heavy atom. The number of carbonyl (C=O) groups is 1. The van der Waals surface area contributed by atoms with E-state index in [-0.39, 0.29) is 17.9 Å². The molecule has 0 saturated carbocycles. The van der Waals surface area contributed by atoms with Crippen LogP contribution in [0, 0.1) is 18.6 Å². The van der Waals surface area contributed by atoms with Gasteiger partial charge in [-0.05, 0) is 36.8 Å². The molecular formula is C15H12F2O2. The molecule has 0 unspecified atom stereocenters. The maximum atomic E-state index is 13.4. The minimum absolute atomic E-state index is 0.0183. The summed E-state index contributed by atoms with van der Waals surface area (Å²) in [4.78, 5) is 11.8. The summed E-state index contributed by atoms with van der Waals surface area (Å²) in [6.07, 6.45) is 0. The first-order chi connectivity index (χ1) is 9.06. The van der Waals surface area contributed by atoms with Gasteiger partial charge in [-0.2, -0.15) is 0 Å². The van der Waals surface area contributed by atoms with Crippen LogP contribution in [0.3, 0.4) is 0 Å². The van der Waals surface area contributed by atoms with Gasteiger partial charge in [-0.1, -0.05) is 18.2 Å². The second-order valence-electron chi connectivity index (χ2n) is 4.16. The lowest BCUT2D eigenvalue weighted by atomic mass is 10.1. The smallest absolute Gasteiger partial charge is 0.200 e. The van der Waals surface area contributed by atoms with E-state index in [2.05, 4.69) is 0 Å². The Morgan fingerprint density at radius 1 is 1.16 bits per heavy atom. The molecule has 0 aliphatic heterocycles. The lowest BCUT2D eigenvalue weighted by molar-refractivity contribution is 0.0918. The van der Waals surface area contributed by atoms with E-state index in [0.717, 1.165) is 11.6 Å². The van der Waals surface area contributed by atoms with E-state index in [9.17, 15) is 13.6 Å². The van der Waals surface area contributed by atoms with Crippen LogP contribution in [-0.2, 0) is 0 Å². The molecule has 2 aromatic rings. The predicted molar refractivity (Wildman–Crippen MR) is 67.4 cm³/mol. The Labute approximate surface area is 109 Å². The average molecular weight is 262 g/mol. The highest BCUT2D eigenvalue weighted by Gasteiger charge is 2.10. The highest BCUT2D eigenvalue weighted by molar-refractivity contribution is 5.97. The van der Waals surface area contributed by atoms with Crippen molar-refractivity contribution in [1.29, 1.82) is 0 Å². The first kappa shape index (κ1) is 13.2. The van der Waals surface area contributed by atoms with Gasteiger partial charge in [0.05, 0.1) is 0 Å². The summed E-state index contributed by atoms with van der Waals surface area (Å²) >= 11 is 0. The molecule has 0 atom stereocenters. The molecule has 0 radical (unpaired) electrons. The molecule has 2 rings (SSSR count). The van der Waals surface area contributed by atoms with E-state index >= 15 is 0 Å². The van der Waals surface area contributed by atoms with Crippen LogP contribution in [0.4, 0.5) is 8.78 Å². The minimum Gasteiger partial charge on any atom is -0.482 e. The highest BCUT2D eigenvalue weighted by Crippen LogP contribution is 2.18. The molecular weight excluding hydrogens is 250 g/mol. The third-order valence-electron chi connectivity index (χ3n) is 2.59. The number of hydrogen-bond donors (Lipinski definition) is 0. The first-order valence-electron chi connectivity index (χ1n) is 5.74. The summed E-state index contributed by atoms with van der Waals surface area (Å²) in [5, 5.41) is 0. The van der Waals surface area contributed by atoms with E-state index in [1.807, 2.05) is 0 Å². The monoisotopic (exact) mass is 262 g/mol. The molecule has 0 saturated heterocycles. The van der Waals surface area contributed by atoms with Crippen LogP contribution in [0.5, 0.6) is 5.75 Å². The SMILES string of the molecule is Cc1ccc(F)c(OCC(=O)c2cccc(F)c2)c1. The Balaban J connectivity index is 2.06. The molecule has 0 bridgehead atoms. The second kappa shape index (κ2) is 5.61. The molecule has 0 aromatic heterocycles. The summed E-state index contributed by atoms with van der Waals surface area (Å²) in [7, 11) is 0. The minimum atomic E-state index is -0.530. The summed E-state index contributed by atoms with van der Waals surface area (Å²) in [5.41, 5.74) is 1.03. The molecule has 0 amide bonds. The van der Waals surface area contributed by atoms with Gasteiger partial charge in [-0.3, -0.25) is 4.79 Å². The number of rotatable bonds is 4. The van der Waals surface area contributed by atoms with E-state index in [1.165, 1.54) is 30.3 Å². The second-order valence-corrected chi connectivity index (χ2v) is 4.16. The summed E-state index contributed by atoms with van der Waals surface area (Å²) in [5.74, 6) is -1.41. The fourth-order valence-corrected chi connectivity index (χ4v) is 1.61. The van der Waals surface area contributed by atoms with Gasteiger partial charge >= 0.3 is 0 Å². The van der Waals surface area contributed by atoms with E-state index < -0.39 is 17.4 Å². The zero-order valence-corrected chi connectivity index (χ0v) is 10.3. The number of halogens is 2. The number of aryl methyl sites for hydroxylation is 1. The Kier molecular flexibility index (Phi) is 3.90. The van der Waals surface area contributed by atoms with Crippen molar-refractivity contribution in [3.8, 4) is 5.75 Å². The maximum absolute atomic E-state index is 13.4. The normalized spacial score (nSPS) is 10.3. The van der Waals surface area contributed by atoms with Crippen molar-refractivity contribution in [1.82, 2.24) is 0 Å². The number of hydrogen-bond acceptors (Lipinski definition) is 2. The molecule has 98 valence electrons. The van der Waals surface area contributed by atoms with Gasteiger partial charge in [0.15, 0.2) is 24.0 Å². The summed E-state index contributed by atoms with van der Waals surface area (Å²) in [6, 6.07) is 9.69. The van der Waals surface area contributed by atoms with E-state index in [1.54, 1.807) is 13.0 Å². The van der Waals surface area contributed by atoms with Gasteiger partial charge in [0.1, 0.15) is 5.82 Å². The van der Waals surface area contributed by atoms with Crippen molar-refractivity contribution in [2.24, 2.45) is 0 Å². The molecule has 0 aliphatic rings. The quantitative estimate of drug-likeness (QED) is 0.788. The Morgan fingerprint density at radius 3 is 2.68 bits per heavy atom. The number of ketones is 1. The van der Waals surface area contributed by atoms with Crippen molar-refractivity contribution in [2.45, 2.75) is 6.92 Å². The number of ether oxygens (including phenoxy) is 1. The number of benzene rings is 2. The Bertz CT molecular complexity index is 609. The van der Waals surface area contributed by atoms with Crippen LogP contribution in [0.15, 0.2) is 42.5 Å².